The van der Waals surface area contributed by atoms with Gasteiger partial charge in [-0.3, -0.25) is 15.0 Å². The zero-order chi connectivity index (χ0) is 27.8. The minimum atomic E-state index is -1.11. The number of carbonyl (C=O) groups excluding carboxylic acids is 2. The number of hydrogen-bond donors (Lipinski definition) is 2. The Bertz CT molecular complexity index is 1410. The van der Waals surface area contributed by atoms with Crippen molar-refractivity contribution in [2.24, 2.45) is 0 Å². The van der Waals surface area contributed by atoms with Gasteiger partial charge in [0, 0.05) is 5.56 Å². The van der Waals surface area contributed by atoms with Crippen molar-refractivity contribution in [2.75, 3.05) is 13.2 Å². The average Bonchev–Trinajstić information content (AvgIpc) is 3.19. The molecule has 1 saturated heterocycles. The van der Waals surface area contributed by atoms with Crippen molar-refractivity contribution in [1.29, 1.82) is 0 Å². The quantitative estimate of drug-likeness (QED) is 0.253. The highest BCUT2D eigenvalue weighted by molar-refractivity contribution is 8.26. The zero-order valence-corrected chi connectivity index (χ0v) is 22.4. The van der Waals surface area contributed by atoms with Crippen LogP contribution < -0.4 is 19.6 Å². The Morgan fingerprint density at radius 1 is 1.00 bits per heavy atom. The van der Waals surface area contributed by atoms with Crippen molar-refractivity contribution in [1.82, 2.24) is 10.4 Å². The Morgan fingerprint density at radius 3 is 2.44 bits per heavy atom. The van der Waals surface area contributed by atoms with Gasteiger partial charge in [0.05, 0.1) is 11.5 Å². The number of ether oxygens (including phenoxy) is 3. The molecule has 0 saturated carbocycles. The van der Waals surface area contributed by atoms with E-state index in [2.05, 4.69) is 5.43 Å². The van der Waals surface area contributed by atoms with E-state index in [1.54, 1.807) is 55.5 Å². The molecule has 0 aliphatic carbocycles. The molecular formula is C28H24N2O7S2. The van der Waals surface area contributed by atoms with Gasteiger partial charge in [0.1, 0.15) is 12.4 Å². The fraction of sp³-hybridized carbons (Fsp3) is 0.143. The van der Waals surface area contributed by atoms with E-state index in [4.69, 9.17) is 31.5 Å². The van der Waals surface area contributed by atoms with Gasteiger partial charge in [-0.15, -0.1) is 0 Å². The first-order chi connectivity index (χ1) is 18.8. The molecule has 11 heteroatoms. The van der Waals surface area contributed by atoms with E-state index in [1.165, 1.54) is 0 Å². The van der Waals surface area contributed by atoms with Gasteiger partial charge in [-0.05, 0) is 72.7 Å². The summed E-state index contributed by atoms with van der Waals surface area (Å²) in [4.78, 5) is 36.9. The first-order valence-corrected chi connectivity index (χ1v) is 13.0. The van der Waals surface area contributed by atoms with Crippen molar-refractivity contribution >= 4 is 52.2 Å². The Labute approximate surface area is 234 Å². The van der Waals surface area contributed by atoms with Gasteiger partial charge in [-0.1, -0.05) is 48.2 Å². The van der Waals surface area contributed by atoms with E-state index in [0.29, 0.717) is 40.7 Å². The fourth-order valence-electron chi connectivity index (χ4n) is 3.47. The first-order valence-electron chi connectivity index (χ1n) is 11.8. The van der Waals surface area contributed by atoms with Crippen LogP contribution in [-0.4, -0.2) is 45.4 Å². The first kappa shape index (κ1) is 27.7. The number of carboxylic acids is 1. The number of nitrogens with zero attached hydrogens (tertiary/aromatic N) is 1. The fourth-order valence-corrected chi connectivity index (χ4v) is 4.65. The molecule has 0 spiro atoms. The lowest BCUT2D eigenvalue weighted by molar-refractivity contribution is -0.139. The van der Waals surface area contributed by atoms with Gasteiger partial charge in [0.15, 0.2) is 22.4 Å². The number of thioether (sulfide) groups is 1. The molecule has 3 aromatic rings. The van der Waals surface area contributed by atoms with Gasteiger partial charge in [0.2, 0.25) is 0 Å². The number of thiocarbonyl (C=S) groups is 1. The minimum absolute atomic E-state index is 0.175. The Morgan fingerprint density at radius 2 is 1.74 bits per heavy atom. The van der Waals surface area contributed by atoms with Gasteiger partial charge in [-0.25, -0.2) is 4.79 Å². The number of carboxylic acid groups (broad SMARTS) is 1. The third-order valence-corrected chi connectivity index (χ3v) is 6.59. The van der Waals surface area contributed by atoms with E-state index in [-0.39, 0.29) is 10.1 Å². The van der Waals surface area contributed by atoms with Crippen LogP contribution in [0.5, 0.6) is 17.2 Å². The third kappa shape index (κ3) is 7.37. The monoisotopic (exact) mass is 564 g/mol. The van der Waals surface area contributed by atoms with Crippen molar-refractivity contribution < 1.29 is 33.7 Å². The summed E-state index contributed by atoms with van der Waals surface area (Å²) in [5.41, 5.74) is 4.53. The molecule has 0 aromatic heterocycles. The standard InChI is InChI=1S/C28H24N2O7S2/c1-2-35-23-14-19(8-13-22(23)37-17-25(31)32)15-24-27(34)30(28(38)39-24)29-26(33)20-9-11-21(12-10-20)36-16-18-6-4-3-5-7-18/h3-15H,2,16-17H2,1H3,(H,29,33)(H,31,32)/b24-15+. The summed E-state index contributed by atoms with van der Waals surface area (Å²) < 4.78 is 16.7. The molecule has 1 aliphatic rings. The Kier molecular flexibility index (Phi) is 9.18. The van der Waals surface area contributed by atoms with E-state index in [9.17, 15) is 14.4 Å². The zero-order valence-electron chi connectivity index (χ0n) is 20.8. The molecule has 1 aliphatic heterocycles. The summed E-state index contributed by atoms with van der Waals surface area (Å²) in [6, 6.07) is 21.1. The van der Waals surface area contributed by atoms with Crippen molar-refractivity contribution in [2.45, 2.75) is 13.5 Å². The third-order valence-electron chi connectivity index (χ3n) is 5.29. The molecule has 1 fully saturated rings. The Balaban J connectivity index is 1.40. The summed E-state index contributed by atoms with van der Waals surface area (Å²) >= 11 is 6.36. The van der Waals surface area contributed by atoms with Crippen molar-refractivity contribution in [3.8, 4) is 17.2 Å². The van der Waals surface area contributed by atoms with E-state index in [1.807, 2.05) is 30.3 Å². The van der Waals surface area contributed by atoms with Crippen LogP contribution in [0.2, 0.25) is 0 Å². The van der Waals surface area contributed by atoms with Gasteiger partial charge in [-0.2, -0.15) is 5.01 Å². The molecule has 2 amide bonds. The van der Waals surface area contributed by atoms with E-state index in [0.717, 1.165) is 22.3 Å². The van der Waals surface area contributed by atoms with Crippen LogP contribution in [-0.2, 0) is 16.2 Å². The summed E-state index contributed by atoms with van der Waals surface area (Å²) in [6.45, 7) is 2.01. The van der Waals surface area contributed by atoms with Crippen LogP contribution in [0.4, 0.5) is 0 Å². The number of benzene rings is 3. The molecule has 0 radical (unpaired) electrons. The molecule has 4 rings (SSSR count). The van der Waals surface area contributed by atoms with E-state index >= 15 is 0 Å². The number of rotatable bonds is 11. The smallest absolute Gasteiger partial charge is 0.341 e. The lowest BCUT2D eigenvalue weighted by Crippen LogP contribution is -2.44. The molecule has 1 heterocycles. The lowest BCUT2D eigenvalue weighted by atomic mass is 10.2. The maximum Gasteiger partial charge on any atom is 0.341 e. The normalized spacial score (nSPS) is 13.9. The highest BCUT2D eigenvalue weighted by Gasteiger charge is 2.34. The van der Waals surface area contributed by atoms with Crippen LogP contribution >= 0.6 is 24.0 Å². The summed E-state index contributed by atoms with van der Waals surface area (Å²) in [6.07, 6.45) is 1.60. The average molecular weight is 565 g/mol. The highest BCUT2D eigenvalue weighted by atomic mass is 32.2. The van der Waals surface area contributed by atoms with Gasteiger partial charge < -0.3 is 19.3 Å². The molecular weight excluding hydrogens is 540 g/mol. The largest absolute Gasteiger partial charge is 0.490 e. The van der Waals surface area contributed by atoms with Crippen LogP contribution in [0.25, 0.3) is 6.08 Å². The molecule has 200 valence electrons. The van der Waals surface area contributed by atoms with Crippen molar-refractivity contribution in [3.05, 3.63) is 94.4 Å². The maximum absolute atomic E-state index is 13.0. The lowest BCUT2D eigenvalue weighted by Gasteiger charge is -2.16. The summed E-state index contributed by atoms with van der Waals surface area (Å²) in [5.74, 6) is -0.874. The number of aliphatic carboxylic acids is 1. The molecule has 0 unspecified atom stereocenters. The predicted octanol–water partition coefficient (Wildman–Crippen LogP) is 4.67. The van der Waals surface area contributed by atoms with Crippen LogP contribution in [0, 0.1) is 0 Å². The molecule has 0 atom stereocenters. The second-order valence-corrected chi connectivity index (χ2v) is 9.75. The number of hydrogen-bond acceptors (Lipinski definition) is 8. The van der Waals surface area contributed by atoms with Crippen LogP contribution in [0.15, 0.2) is 77.7 Å². The van der Waals surface area contributed by atoms with Gasteiger partial charge in [0.25, 0.3) is 11.8 Å². The number of nitrogens with one attached hydrogen (secondary N) is 1. The van der Waals surface area contributed by atoms with Gasteiger partial charge >= 0.3 is 5.97 Å². The topological polar surface area (TPSA) is 114 Å². The molecule has 39 heavy (non-hydrogen) atoms. The number of carbonyl (C=O) groups is 3. The van der Waals surface area contributed by atoms with Crippen molar-refractivity contribution in [3.63, 3.8) is 0 Å². The SMILES string of the molecule is CCOc1cc(/C=C2/SC(=S)N(NC(=O)c3ccc(OCc4ccccc4)cc3)C2=O)ccc1OCC(=O)O. The molecule has 3 aromatic carbocycles. The summed E-state index contributed by atoms with van der Waals surface area (Å²) in [7, 11) is 0. The molecule has 2 N–H and O–H groups in total. The number of hydrazine groups is 1. The summed E-state index contributed by atoms with van der Waals surface area (Å²) in [5, 5.41) is 9.89. The second-order valence-electron chi connectivity index (χ2n) is 8.08. The predicted molar refractivity (Wildman–Crippen MR) is 150 cm³/mol. The maximum atomic E-state index is 13.0. The molecule has 0 bridgehead atoms. The van der Waals surface area contributed by atoms with E-state index < -0.39 is 24.4 Å². The van der Waals surface area contributed by atoms with Crippen LogP contribution in [0.1, 0.15) is 28.4 Å². The number of amides is 2. The second kappa shape index (κ2) is 12.9. The molecule has 9 nitrogen and oxygen atoms in total. The highest BCUT2D eigenvalue weighted by Crippen LogP contribution is 2.34. The van der Waals surface area contributed by atoms with Crippen LogP contribution in [0.3, 0.4) is 0 Å². The minimum Gasteiger partial charge on any atom is -0.490 e. The Hall–Kier alpha value is -4.35.